The molecule has 0 aliphatic carbocycles. The van der Waals surface area contributed by atoms with Gasteiger partial charge in [0.05, 0.1) is 6.61 Å². The van der Waals surface area contributed by atoms with E-state index in [1.165, 1.54) is 56.6 Å². The molecule has 1 fully saturated rings. The summed E-state index contributed by atoms with van der Waals surface area (Å²) in [4.78, 5) is 2.63. The predicted molar refractivity (Wildman–Crippen MR) is 87.1 cm³/mol. The lowest BCUT2D eigenvalue weighted by atomic mass is 9.96. The van der Waals surface area contributed by atoms with Crippen LogP contribution in [-0.2, 0) is 12.8 Å². The molecule has 1 aromatic carbocycles. The molecule has 21 heavy (non-hydrogen) atoms. The number of hydrogen-bond donors (Lipinski definition) is 1. The molecule has 1 N–H and O–H groups in total. The number of fused-ring (bicyclic) bond motifs is 1. The van der Waals surface area contributed by atoms with Gasteiger partial charge in [-0.3, -0.25) is 0 Å². The standard InChI is InChI=1S/C18H28N2O/c1-2-19-14-16-6-10-20(11-7-16)9-5-15-3-4-18-17(13-15)8-12-21-18/h3-4,13,16,19H,2,5-12,14H2,1H3. The van der Waals surface area contributed by atoms with Gasteiger partial charge >= 0.3 is 0 Å². The third kappa shape index (κ3) is 3.98. The number of nitrogens with zero attached hydrogens (tertiary/aromatic N) is 1. The second kappa shape index (κ2) is 7.28. The number of piperidine rings is 1. The van der Waals surface area contributed by atoms with Crippen molar-refractivity contribution in [3.63, 3.8) is 0 Å². The first-order valence-corrected chi connectivity index (χ1v) is 8.53. The molecule has 3 rings (SSSR count). The Hall–Kier alpha value is -1.06. The Morgan fingerprint density at radius 2 is 2.14 bits per heavy atom. The van der Waals surface area contributed by atoms with Crippen LogP contribution in [0.25, 0.3) is 0 Å². The topological polar surface area (TPSA) is 24.5 Å². The Labute approximate surface area is 128 Å². The summed E-state index contributed by atoms with van der Waals surface area (Å²) in [6.07, 6.45) is 4.96. The van der Waals surface area contributed by atoms with Crippen LogP contribution in [0.5, 0.6) is 5.75 Å². The molecule has 1 saturated heterocycles. The molecule has 2 aliphatic rings. The molecule has 0 atom stereocenters. The maximum Gasteiger partial charge on any atom is 0.122 e. The van der Waals surface area contributed by atoms with E-state index >= 15 is 0 Å². The molecule has 0 bridgehead atoms. The fourth-order valence-electron chi connectivity index (χ4n) is 3.45. The average molecular weight is 288 g/mol. The van der Waals surface area contributed by atoms with E-state index in [9.17, 15) is 0 Å². The summed E-state index contributed by atoms with van der Waals surface area (Å²) in [5, 5.41) is 3.48. The number of hydrogen-bond acceptors (Lipinski definition) is 3. The van der Waals surface area contributed by atoms with Crippen molar-refractivity contribution in [2.75, 3.05) is 39.3 Å². The van der Waals surface area contributed by atoms with Gasteiger partial charge in [-0.05, 0) is 68.6 Å². The van der Waals surface area contributed by atoms with Crippen molar-refractivity contribution in [1.82, 2.24) is 10.2 Å². The first kappa shape index (κ1) is 14.9. The van der Waals surface area contributed by atoms with Crippen LogP contribution in [0, 0.1) is 5.92 Å². The molecular formula is C18H28N2O. The van der Waals surface area contributed by atoms with Gasteiger partial charge in [0.25, 0.3) is 0 Å². The van der Waals surface area contributed by atoms with Crippen molar-refractivity contribution in [2.45, 2.75) is 32.6 Å². The number of ether oxygens (including phenoxy) is 1. The second-order valence-electron chi connectivity index (χ2n) is 6.38. The molecule has 0 saturated carbocycles. The molecule has 0 spiro atoms. The minimum absolute atomic E-state index is 0.859. The molecule has 116 valence electrons. The van der Waals surface area contributed by atoms with E-state index in [0.29, 0.717) is 0 Å². The van der Waals surface area contributed by atoms with Crippen molar-refractivity contribution in [1.29, 1.82) is 0 Å². The van der Waals surface area contributed by atoms with E-state index in [4.69, 9.17) is 4.74 Å². The van der Waals surface area contributed by atoms with Gasteiger partial charge in [-0.25, -0.2) is 0 Å². The summed E-state index contributed by atoms with van der Waals surface area (Å²) in [5.41, 5.74) is 2.87. The maximum absolute atomic E-state index is 5.58. The zero-order valence-corrected chi connectivity index (χ0v) is 13.2. The lowest BCUT2D eigenvalue weighted by Gasteiger charge is -2.32. The van der Waals surface area contributed by atoms with Crippen LogP contribution in [0.2, 0.25) is 0 Å². The minimum atomic E-state index is 0.859. The Bertz CT molecular complexity index is 453. The van der Waals surface area contributed by atoms with Gasteiger partial charge in [-0.2, -0.15) is 0 Å². The summed E-state index contributed by atoms with van der Waals surface area (Å²) in [6, 6.07) is 6.74. The van der Waals surface area contributed by atoms with Crippen LogP contribution in [0.3, 0.4) is 0 Å². The first-order valence-electron chi connectivity index (χ1n) is 8.53. The minimum Gasteiger partial charge on any atom is -0.493 e. The van der Waals surface area contributed by atoms with E-state index in [0.717, 1.165) is 31.2 Å². The molecule has 2 aliphatic heterocycles. The van der Waals surface area contributed by atoms with Crippen molar-refractivity contribution < 1.29 is 4.74 Å². The van der Waals surface area contributed by atoms with Crippen molar-refractivity contribution in [3.8, 4) is 5.75 Å². The highest BCUT2D eigenvalue weighted by Crippen LogP contribution is 2.26. The number of likely N-dealkylation sites (tertiary alicyclic amines) is 1. The van der Waals surface area contributed by atoms with Gasteiger partial charge in [0.2, 0.25) is 0 Å². The van der Waals surface area contributed by atoms with Crippen molar-refractivity contribution in [3.05, 3.63) is 29.3 Å². The number of rotatable bonds is 6. The normalized spacial score (nSPS) is 19.5. The maximum atomic E-state index is 5.58. The number of nitrogens with one attached hydrogen (secondary N) is 1. The van der Waals surface area contributed by atoms with E-state index in [-0.39, 0.29) is 0 Å². The van der Waals surface area contributed by atoms with Gasteiger partial charge in [-0.15, -0.1) is 0 Å². The van der Waals surface area contributed by atoms with E-state index in [1.807, 2.05) is 0 Å². The SMILES string of the molecule is CCNCC1CCN(CCc2ccc3c(c2)CCO3)CC1. The summed E-state index contributed by atoms with van der Waals surface area (Å²) in [7, 11) is 0. The smallest absolute Gasteiger partial charge is 0.122 e. The second-order valence-corrected chi connectivity index (χ2v) is 6.38. The molecule has 0 unspecified atom stereocenters. The van der Waals surface area contributed by atoms with Crippen LogP contribution in [0.1, 0.15) is 30.9 Å². The predicted octanol–water partition coefficient (Wildman–Crippen LogP) is 2.49. The molecule has 0 aromatic heterocycles. The Morgan fingerprint density at radius 3 is 2.95 bits per heavy atom. The zero-order valence-electron chi connectivity index (χ0n) is 13.2. The third-order valence-corrected chi connectivity index (χ3v) is 4.86. The lowest BCUT2D eigenvalue weighted by Crippen LogP contribution is -2.38. The quantitative estimate of drug-likeness (QED) is 0.870. The monoisotopic (exact) mass is 288 g/mol. The Morgan fingerprint density at radius 1 is 1.29 bits per heavy atom. The fraction of sp³-hybridized carbons (Fsp3) is 0.667. The fourth-order valence-corrected chi connectivity index (χ4v) is 3.45. The largest absolute Gasteiger partial charge is 0.493 e. The highest BCUT2D eigenvalue weighted by molar-refractivity contribution is 5.39. The lowest BCUT2D eigenvalue weighted by molar-refractivity contribution is 0.184. The Balaban J connectivity index is 1.42. The van der Waals surface area contributed by atoms with Crippen LogP contribution < -0.4 is 10.1 Å². The van der Waals surface area contributed by atoms with Gasteiger partial charge < -0.3 is 15.0 Å². The third-order valence-electron chi connectivity index (χ3n) is 4.86. The summed E-state index contributed by atoms with van der Waals surface area (Å²) >= 11 is 0. The Kier molecular flexibility index (Phi) is 5.15. The van der Waals surface area contributed by atoms with E-state index in [1.54, 1.807) is 0 Å². The van der Waals surface area contributed by atoms with Gasteiger partial charge in [0.15, 0.2) is 0 Å². The summed E-state index contributed by atoms with van der Waals surface area (Å²) in [6.45, 7) is 9.09. The zero-order chi connectivity index (χ0) is 14.5. The van der Waals surface area contributed by atoms with Crippen LogP contribution in [0.15, 0.2) is 18.2 Å². The molecule has 0 amide bonds. The average Bonchev–Trinajstić information content (AvgIpc) is 2.99. The molecule has 1 aromatic rings. The highest BCUT2D eigenvalue weighted by atomic mass is 16.5. The number of benzene rings is 1. The highest BCUT2D eigenvalue weighted by Gasteiger charge is 2.18. The summed E-state index contributed by atoms with van der Waals surface area (Å²) in [5.74, 6) is 1.99. The van der Waals surface area contributed by atoms with Crippen LogP contribution in [-0.4, -0.2) is 44.2 Å². The van der Waals surface area contributed by atoms with Crippen LogP contribution in [0.4, 0.5) is 0 Å². The molecule has 3 heteroatoms. The summed E-state index contributed by atoms with van der Waals surface area (Å²) < 4.78 is 5.58. The van der Waals surface area contributed by atoms with Gasteiger partial charge in [0.1, 0.15) is 5.75 Å². The van der Waals surface area contributed by atoms with Crippen molar-refractivity contribution >= 4 is 0 Å². The molecule has 0 radical (unpaired) electrons. The van der Waals surface area contributed by atoms with Crippen LogP contribution >= 0.6 is 0 Å². The van der Waals surface area contributed by atoms with Gasteiger partial charge in [0, 0.05) is 13.0 Å². The van der Waals surface area contributed by atoms with E-state index in [2.05, 4.69) is 35.3 Å². The molecule has 3 nitrogen and oxygen atoms in total. The first-order chi connectivity index (χ1) is 10.3. The molecular weight excluding hydrogens is 260 g/mol. The van der Waals surface area contributed by atoms with E-state index < -0.39 is 0 Å². The van der Waals surface area contributed by atoms with Gasteiger partial charge in [-0.1, -0.05) is 19.1 Å². The van der Waals surface area contributed by atoms with Crippen molar-refractivity contribution in [2.24, 2.45) is 5.92 Å². The molecule has 2 heterocycles.